The smallest absolute Gasteiger partial charge is 0.179 e. The van der Waals surface area contributed by atoms with E-state index in [0.29, 0.717) is 11.6 Å². The predicted molar refractivity (Wildman–Crippen MR) is 348 cm³/mol. The Morgan fingerprint density at radius 2 is 0.687 bits per heavy atom. The van der Waals surface area contributed by atoms with E-state index in [4.69, 9.17) is 19.9 Å². The fraction of sp³-hybridized carbons (Fsp3) is 0.0133. The zero-order chi connectivity index (χ0) is 55.4. The molecule has 5 heterocycles. The van der Waals surface area contributed by atoms with E-state index in [1.54, 1.807) is 0 Å². The van der Waals surface area contributed by atoms with Crippen molar-refractivity contribution in [3.63, 3.8) is 0 Å². The van der Waals surface area contributed by atoms with Gasteiger partial charge in [-0.3, -0.25) is 13.7 Å². The first kappa shape index (κ1) is 49.3. The third kappa shape index (κ3) is 8.10. The van der Waals surface area contributed by atoms with Gasteiger partial charge in [0.2, 0.25) is 0 Å². The summed E-state index contributed by atoms with van der Waals surface area (Å²) in [4.78, 5) is 22.3. The lowest BCUT2D eigenvalue weighted by molar-refractivity contribution is 0.994. The van der Waals surface area contributed by atoms with Gasteiger partial charge in [0, 0.05) is 61.1 Å². The molecule has 83 heavy (non-hydrogen) atoms. The van der Waals surface area contributed by atoms with Crippen molar-refractivity contribution in [2.45, 2.75) is 6.92 Å². The van der Waals surface area contributed by atoms with Gasteiger partial charge in [0.05, 0.1) is 38.8 Å². The number of hydrogen-bond donors (Lipinski definition) is 0. The Kier molecular flexibility index (Phi) is 12.1. The van der Waals surface area contributed by atoms with Crippen LogP contribution in [0.5, 0.6) is 0 Å². The van der Waals surface area contributed by atoms with Crippen LogP contribution in [0.4, 0.5) is 0 Å². The van der Waals surface area contributed by atoms with E-state index in [1.165, 1.54) is 16.0 Å². The zero-order valence-corrected chi connectivity index (χ0v) is 46.6. The molecule has 1 atom stereocenters. The molecule has 1 unspecified atom stereocenters. The number of para-hydroxylation sites is 6. The number of rotatable bonds is 12. The summed E-state index contributed by atoms with van der Waals surface area (Å²) in [5.74, 6) is 3.57. The van der Waals surface area contributed by atoms with Crippen LogP contribution in [0.3, 0.4) is 0 Å². The van der Waals surface area contributed by atoms with E-state index in [2.05, 4.69) is 306 Å². The highest BCUT2D eigenvalue weighted by atomic mass is 28.3. The van der Waals surface area contributed by atoms with E-state index >= 15 is 0 Å². The van der Waals surface area contributed by atoms with Crippen LogP contribution in [-0.4, -0.2) is 41.7 Å². The van der Waals surface area contributed by atoms with Crippen LogP contribution < -0.4 is 15.6 Å². The van der Waals surface area contributed by atoms with Gasteiger partial charge in [-0.15, -0.1) is 0 Å². The number of hydrogen-bond acceptors (Lipinski definition) is 4. The Morgan fingerprint density at radius 3 is 1.08 bits per heavy atom. The fourth-order valence-electron chi connectivity index (χ4n) is 12.8. The monoisotopic (exact) mass is 1080 g/mol. The van der Waals surface area contributed by atoms with Gasteiger partial charge in [-0.05, 0) is 64.1 Å². The summed E-state index contributed by atoms with van der Waals surface area (Å²) >= 11 is 0. The molecule has 0 aliphatic rings. The summed E-state index contributed by atoms with van der Waals surface area (Å²) in [6.45, 7) is 6.44. The number of nitrogens with zero attached hydrogens (tertiary/aromatic N) is 7. The molecule has 10 aromatic carbocycles. The number of fused-ring (bicyclic) bond motifs is 9. The number of benzene rings is 10. The van der Waals surface area contributed by atoms with Crippen molar-refractivity contribution in [3.8, 4) is 51.5 Å². The van der Waals surface area contributed by atoms with Crippen molar-refractivity contribution in [2.24, 2.45) is 0 Å². The van der Waals surface area contributed by atoms with Gasteiger partial charge < -0.3 is 0 Å². The summed E-state index contributed by atoms with van der Waals surface area (Å²) in [5, 5.41) is 11.7. The summed E-state index contributed by atoms with van der Waals surface area (Å²) in [6, 6.07) is 95.2. The maximum Gasteiger partial charge on any atom is 0.179 e. The average Bonchev–Trinajstić information content (AvgIpc) is 4.42. The summed E-state index contributed by atoms with van der Waals surface area (Å²) < 4.78 is 6.87. The van der Waals surface area contributed by atoms with Crippen LogP contribution >= 0.6 is 0 Å². The molecule has 0 amide bonds. The van der Waals surface area contributed by atoms with Crippen LogP contribution in [-0.2, 0) is 0 Å². The van der Waals surface area contributed by atoms with E-state index in [0.717, 1.165) is 110 Å². The van der Waals surface area contributed by atoms with Gasteiger partial charge in [0.25, 0.3) is 0 Å². The highest BCUT2D eigenvalue weighted by molar-refractivity contribution is 7.16. The minimum Gasteiger partial charge on any atom is -0.294 e. The van der Waals surface area contributed by atoms with Crippen LogP contribution in [0.1, 0.15) is 6.92 Å². The Morgan fingerprint density at radius 1 is 0.349 bits per heavy atom. The highest BCUT2D eigenvalue weighted by Crippen LogP contribution is 2.37. The Hall–Kier alpha value is -10.8. The molecule has 0 bridgehead atoms. The first-order valence-corrected chi connectivity index (χ1v) is 30.1. The van der Waals surface area contributed by atoms with Gasteiger partial charge in [0.1, 0.15) is 17.5 Å². The van der Waals surface area contributed by atoms with Gasteiger partial charge in [-0.2, -0.15) is 0 Å². The quantitative estimate of drug-likeness (QED) is 0.0695. The molecule has 0 aliphatic carbocycles. The second kappa shape index (κ2) is 20.4. The minimum absolute atomic E-state index is 0.608. The molecule has 0 radical (unpaired) electrons. The molecular formula is C75H53N7Si. The van der Waals surface area contributed by atoms with Crippen LogP contribution in [0.2, 0.25) is 0 Å². The summed E-state index contributed by atoms with van der Waals surface area (Å²) in [6.07, 6.45) is 8.54. The third-order valence-corrected chi connectivity index (χ3v) is 21.1. The molecule has 0 saturated heterocycles. The van der Waals surface area contributed by atoms with Crippen LogP contribution in [0, 0.1) is 0 Å². The van der Waals surface area contributed by atoms with E-state index in [-0.39, 0.29) is 0 Å². The van der Waals surface area contributed by atoms with Crippen LogP contribution in [0.25, 0.3) is 117 Å². The minimum atomic E-state index is -3.34. The first-order chi connectivity index (χ1) is 41.1. The summed E-state index contributed by atoms with van der Waals surface area (Å²) in [5.41, 5.74) is 10.1. The van der Waals surface area contributed by atoms with Crippen LogP contribution in [0.15, 0.2) is 303 Å². The van der Waals surface area contributed by atoms with E-state index in [1.807, 2.05) is 12.1 Å². The molecule has 0 N–H and O–H groups in total. The molecule has 392 valence electrons. The predicted octanol–water partition coefficient (Wildman–Crippen LogP) is 16.3. The largest absolute Gasteiger partial charge is 0.294 e. The molecular weight excluding hydrogens is 1030 g/mol. The molecule has 0 aliphatic heterocycles. The molecule has 8 heteroatoms. The fourth-order valence-corrected chi connectivity index (χ4v) is 17.7. The van der Waals surface area contributed by atoms with Crippen molar-refractivity contribution in [1.82, 2.24) is 33.6 Å². The Balaban J connectivity index is 0.980. The second-order valence-electron chi connectivity index (χ2n) is 21.0. The maximum atomic E-state index is 5.65. The van der Waals surface area contributed by atoms with Crippen molar-refractivity contribution < 1.29 is 0 Å². The summed E-state index contributed by atoms with van der Waals surface area (Å²) in [7, 11) is -3.34. The van der Waals surface area contributed by atoms with Gasteiger partial charge >= 0.3 is 0 Å². The standard InChI is InChI=1S/C75H53N7Si/c1-3-25-54(26-4-2)83(55-31-9-6-10-32-55,56-33-23-29-52(47-56)74-76-64(51-27-7-5-8-28-51)49-71(77-74)80-65-41-17-11-35-58(65)59-36-12-18-42-66(59)80)57-34-24-30-53(48-57)75-78-72(81-67-43-19-13-37-60(67)61-38-14-20-44-68(61)81)50-73(79-75)82-69-45-21-15-39-62(69)63-40-16-22-46-70(63)82/h3-50H,1H2,2H3/b26-4-,54-25+. The van der Waals surface area contributed by atoms with Crippen molar-refractivity contribution in [1.29, 1.82) is 0 Å². The molecule has 0 fully saturated rings. The average molecular weight is 1080 g/mol. The molecule has 0 spiro atoms. The van der Waals surface area contributed by atoms with Crippen molar-refractivity contribution in [2.75, 3.05) is 0 Å². The van der Waals surface area contributed by atoms with Gasteiger partial charge in [-0.1, -0.05) is 249 Å². The Labute approximate surface area is 481 Å². The lowest BCUT2D eigenvalue weighted by Crippen LogP contribution is -2.68. The van der Waals surface area contributed by atoms with Gasteiger partial charge in [-0.25, -0.2) is 19.9 Å². The lowest BCUT2D eigenvalue weighted by atomic mass is 10.1. The molecule has 15 aromatic rings. The SMILES string of the molecule is C=C/C=C(\C=C/C)[Si](c1ccccc1)(c1cccc(-c2nc(-c3ccccc3)cc(-n3c4ccccc4c4ccccc43)n2)c1)c1cccc(-c2nc(-n3c4ccccc4c4ccccc43)cc(-n3c4ccccc4c4ccccc43)n2)c1. The molecule has 15 rings (SSSR count). The molecule has 7 nitrogen and oxygen atoms in total. The topological polar surface area (TPSA) is 66.3 Å². The third-order valence-electron chi connectivity index (χ3n) is 16.3. The van der Waals surface area contributed by atoms with E-state index in [9.17, 15) is 0 Å². The number of aromatic nitrogens is 7. The van der Waals surface area contributed by atoms with E-state index < -0.39 is 8.07 Å². The maximum absolute atomic E-state index is 5.65. The zero-order valence-electron chi connectivity index (χ0n) is 45.6. The lowest BCUT2D eigenvalue weighted by Gasteiger charge is -2.35. The van der Waals surface area contributed by atoms with Crippen molar-refractivity contribution >= 4 is 89.1 Å². The van der Waals surface area contributed by atoms with Gasteiger partial charge in [0.15, 0.2) is 19.7 Å². The second-order valence-corrected chi connectivity index (χ2v) is 24.8. The first-order valence-electron chi connectivity index (χ1n) is 28.1. The normalized spacial score (nSPS) is 12.8. The number of allylic oxidation sites excluding steroid dienone is 5. The van der Waals surface area contributed by atoms with Crippen molar-refractivity contribution in [3.05, 3.63) is 303 Å². The Bertz CT molecular complexity index is 4790. The molecule has 0 saturated carbocycles. The molecule has 5 aromatic heterocycles. The highest BCUT2D eigenvalue weighted by Gasteiger charge is 2.43.